The molecule has 0 saturated carbocycles. The first kappa shape index (κ1) is 13.1. The molecule has 0 unspecified atom stereocenters. The van der Waals surface area contributed by atoms with Crippen molar-refractivity contribution in [2.24, 2.45) is 5.73 Å². The SMILES string of the molecule is CC[C@H](N)c1ccc(Sc2cccc(F)c2)cn1. The maximum atomic E-state index is 13.0. The Balaban J connectivity index is 2.11. The maximum Gasteiger partial charge on any atom is 0.124 e. The Morgan fingerprint density at radius 2 is 2.11 bits per heavy atom. The van der Waals surface area contributed by atoms with E-state index < -0.39 is 0 Å². The molecular weight excluding hydrogens is 247 g/mol. The third-order valence-electron chi connectivity index (χ3n) is 2.61. The molecule has 0 fully saturated rings. The molecule has 2 aromatic rings. The quantitative estimate of drug-likeness (QED) is 0.911. The molecule has 0 saturated heterocycles. The molecule has 0 spiro atoms. The van der Waals surface area contributed by atoms with Gasteiger partial charge in [-0.3, -0.25) is 4.98 Å². The molecule has 0 aliphatic rings. The fourth-order valence-electron chi connectivity index (χ4n) is 1.55. The Morgan fingerprint density at radius 1 is 1.28 bits per heavy atom. The lowest BCUT2D eigenvalue weighted by Gasteiger charge is -2.08. The summed E-state index contributed by atoms with van der Waals surface area (Å²) in [6.07, 6.45) is 2.64. The van der Waals surface area contributed by atoms with Crippen LogP contribution in [0.5, 0.6) is 0 Å². The molecule has 0 bridgehead atoms. The highest BCUT2D eigenvalue weighted by atomic mass is 32.2. The van der Waals surface area contributed by atoms with E-state index in [1.54, 1.807) is 12.3 Å². The zero-order valence-corrected chi connectivity index (χ0v) is 11.0. The molecule has 0 aliphatic carbocycles. The van der Waals surface area contributed by atoms with Gasteiger partial charge in [0, 0.05) is 22.0 Å². The number of pyridine rings is 1. The van der Waals surface area contributed by atoms with Gasteiger partial charge in [-0.15, -0.1) is 0 Å². The van der Waals surface area contributed by atoms with Crippen LogP contribution in [0.1, 0.15) is 25.1 Å². The van der Waals surface area contributed by atoms with Crippen molar-refractivity contribution in [1.29, 1.82) is 0 Å². The summed E-state index contributed by atoms with van der Waals surface area (Å²) < 4.78 is 13.0. The van der Waals surface area contributed by atoms with Crippen molar-refractivity contribution in [1.82, 2.24) is 4.98 Å². The van der Waals surface area contributed by atoms with Crippen LogP contribution in [0, 0.1) is 5.82 Å². The molecule has 18 heavy (non-hydrogen) atoms. The van der Waals surface area contributed by atoms with Gasteiger partial charge >= 0.3 is 0 Å². The number of benzene rings is 1. The van der Waals surface area contributed by atoms with Crippen LogP contribution in [-0.2, 0) is 0 Å². The van der Waals surface area contributed by atoms with E-state index in [1.807, 2.05) is 25.1 Å². The largest absolute Gasteiger partial charge is 0.323 e. The van der Waals surface area contributed by atoms with Crippen molar-refractivity contribution in [3.8, 4) is 0 Å². The van der Waals surface area contributed by atoms with E-state index in [2.05, 4.69) is 4.98 Å². The number of nitrogens with zero attached hydrogens (tertiary/aromatic N) is 1. The van der Waals surface area contributed by atoms with E-state index in [0.717, 1.165) is 21.9 Å². The predicted molar refractivity (Wildman–Crippen MR) is 72.0 cm³/mol. The summed E-state index contributed by atoms with van der Waals surface area (Å²) in [5.74, 6) is -0.224. The molecule has 2 N–H and O–H groups in total. The maximum absolute atomic E-state index is 13.0. The van der Waals surface area contributed by atoms with Gasteiger partial charge in [0.1, 0.15) is 5.82 Å². The molecule has 1 aromatic carbocycles. The third-order valence-corrected chi connectivity index (χ3v) is 3.58. The Morgan fingerprint density at radius 3 is 2.72 bits per heavy atom. The van der Waals surface area contributed by atoms with Crippen molar-refractivity contribution in [2.45, 2.75) is 29.2 Å². The third kappa shape index (κ3) is 3.31. The van der Waals surface area contributed by atoms with Crippen LogP contribution in [0.25, 0.3) is 0 Å². The summed E-state index contributed by atoms with van der Waals surface area (Å²) in [4.78, 5) is 6.17. The van der Waals surface area contributed by atoms with E-state index in [-0.39, 0.29) is 11.9 Å². The fourth-order valence-corrected chi connectivity index (χ4v) is 2.38. The number of hydrogen-bond donors (Lipinski definition) is 1. The molecule has 1 heterocycles. The highest BCUT2D eigenvalue weighted by Crippen LogP contribution is 2.27. The summed E-state index contributed by atoms with van der Waals surface area (Å²) in [7, 11) is 0. The first-order chi connectivity index (χ1) is 8.69. The van der Waals surface area contributed by atoms with Gasteiger partial charge in [0.2, 0.25) is 0 Å². The second-order valence-electron chi connectivity index (χ2n) is 3.99. The van der Waals surface area contributed by atoms with Crippen molar-refractivity contribution in [3.63, 3.8) is 0 Å². The van der Waals surface area contributed by atoms with Crippen LogP contribution in [0.2, 0.25) is 0 Å². The van der Waals surface area contributed by atoms with E-state index in [1.165, 1.54) is 23.9 Å². The molecule has 94 valence electrons. The number of hydrogen-bond acceptors (Lipinski definition) is 3. The van der Waals surface area contributed by atoms with Crippen LogP contribution >= 0.6 is 11.8 Å². The summed E-state index contributed by atoms with van der Waals surface area (Å²) in [6, 6.07) is 10.4. The normalized spacial score (nSPS) is 12.4. The van der Waals surface area contributed by atoms with Crippen molar-refractivity contribution in [3.05, 3.63) is 54.1 Å². The van der Waals surface area contributed by atoms with Crippen molar-refractivity contribution in [2.75, 3.05) is 0 Å². The van der Waals surface area contributed by atoms with E-state index in [0.29, 0.717) is 0 Å². The van der Waals surface area contributed by atoms with Gasteiger partial charge in [0.15, 0.2) is 0 Å². The Hall–Kier alpha value is -1.39. The number of halogens is 1. The van der Waals surface area contributed by atoms with Gasteiger partial charge in [0.05, 0.1) is 5.69 Å². The number of nitrogens with two attached hydrogens (primary N) is 1. The lowest BCUT2D eigenvalue weighted by atomic mass is 10.1. The molecule has 0 amide bonds. The lowest BCUT2D eigenvalue weighted by molar-refractivity contribution is 0.624. The zero-order valence-electron chi connectivity index (χ0n) is 10.1. The minimum Gasteiger partial charge on any atom is -0.323 e. The molecule has 0 radical (unpaired) electrons. The van der Waals surface area contributed by atoms with Gasteiger partial charge in [-0.05, 0) is 36.8 Å². The molecular formula is C14H15FN2S. The Kier molecular flexibility index (Phi) is 4.33. The van der Waals surface area contributed by atoms with E-state index in [4.69, 9.17) is 5.73 Å². The number of aromatic nitrogens is 1. The van der Waals surface area contributed by atoms with Crippen LogP contribution in [0.15, 0.2) is 52.4 Å². The standard InChI is InChI=1S/C14H15FN2S/c1-2-13(16)14-7-6-12(9-17-14)18-11-5-3-4-10(15)8-11/h3-9,13H,2,16H2,1H3/t13-/m0/s1. The molecule has 2 rings (SSSR count). The first-order valence-corrected chi connectivity index (χ1v) is 6.65. The second-order valence-corrected chi connectivity index (χ2v) is 5.14. The van der Waals surface area contributed by atoms with Gasteiger partial charge in [-0.25, -0.2) is 4.39 Å². The molecule has 4 heteroatoms. The smallest absolute Gasteiger partial charge is 0.124 e. The Labute approximate surface area is 110 Å². The fraction of sp³-hybridized carbons (Fsp3) is 0.214. The summed E-state index contributed by atoms with van der Waals surface area (Å²) >= 11 is 1.49. The van der Waals surface area contributed by atoms with Crippen LogP contribution in [0.3, 0.4) is 0 Å². The number of rotatable bonds is 4. The van der Waals surface area contributed by atoms with Crippen LogP contribution in [0.4, 0.5) is 4.39 Å². The second kappa shape index (κ2) is 5.98. The van der Waals surface area contributed by atoms with Crippen LogP contribution < -0.4 is 5.73 Å². The topological polar surface area (TPSA) is 38.9 Å². The highest BCUT2D eigenvalue weighted by Gasteiger charge is 2.05. The monoisotopic (exact) mass is 262 g/mol. The summed E-state index contributed by atoms with van der Waals surface area (Å²) in [5.41, 5.74) is 6.79. The summed E-state index contributed by atoms with van der Waals surface area (Å²) in [5, 5.41) is 0. The minimum atomic E-state index is -0.224. The van der Waals surface area contributed by atoms with Gasteiger partial charge in [-0.2, -0.15) is 0 Å². The molecule has 2 nitrogen and oxygen atoms in total. The predicted octanol–water partition coefficient (Wildman–Crippen LogP) is 3.78. The zero-order chi connectivity index (χ0) is 13.0. The lowest BCUT2D eigenvalue weighted by Crippen LogP contribution is -2.10. The van der Waals surface area contributed by atoms with E-state index in [9.17, 15) is 4.39 Å². The minimum absolute atomic E-state index is 0.0155. The van der Waals surface area contributed by atoms with Crippen LogP contribution in [-0.4, -0.2) is 4.98 Å². The Bertz CT molecular complexity index is 513. The van der Waals surface area contributed by atoms with Gasteiger partial charge in [0.25, 0.3) is 0 Å². The van der Waals surface area contributed by atoms with Crippen molar-refractivity contribution < 1.29 is 4.39 Å². The molecule has 1 atom stereocenters. The van der Waals surface area contributed by atoms with Gasteiger partial charge < -0.3 is 5.73 Å². The average Bonchev–Trinajstić information content (AvgIpc) is 2.39. The van der Waals surface area contributed by atoms with Crippen molar-refractivity contribution >= 4 is 11.8 Å². The first-order valence-electron chi connectivity index (χ1n) is 5.84. The molecule has 1 aromatic heterocycles. The van der Waals surface area contributed by atoms with Gasteiger partial charge in [-0.1, -0.05) is 24.8 Å². The molecule has 0 aliphatic heterocycles. The van der Waals surface area contributed by atoms with E-state index >= 15 is 0 Å². The highest BCUT2D eigenvalue weighted by molar-refractivity contribution is 7.99. The summed E-state index contributed by atoms with van der Waals surface area (Å²) in [6.45, 7) is 2.03. The average molecular weight is 262 g/mol.